The number of aryl methyl sites for hydroxylation is 1. The maximum absolute atomic E-state index is 3.16. The maximum atomic E-state index is 3.16. The molecule has 13 heavy (non-hydrogen) atoms. The number of nitrogens with one attached hydrogen (secondary N) is 1. The van der Waals surface area contributed by atoms with E-state index in [1.165, 1.54) is 11.3 Å². The molecule has 0 aliphatic carbocycles. The van der Waals surface area contributed by atoms with Crippen molar-refractivity contribution < 1.29 is 0 Å². The topological polar surface area (TPSA) is 15.3 Å². The third kappa shape index (κ3) is 2.74. The molecule has 0 heterocycles. The summed E-state index contributed by atoms with van der Waals surface area (Å²) in [5.74, 6) is 0. The van der Waals surface area contributed by atoms with E-state index in [0.29, 0.717) is 0 Å². The van der Waals surface area contributed by atoms with Crippen LogP contribution in [-0.2, 0) is 0 Å². The molecule has 0 saturated carbocycles. The molecule has 0 aliphatic heterocycles. The predicted octanol–water partition coefficient (Wildman–Crippen LogP) is 2.00. The first-order valence-corrected chi connectivity index (χ1v) is 4.74. The standard InChI is InChI=1S/C11H18N2/c1-4-13(9-12-3)11-7-5-10(2)6-8-11/h5-8,12H,4,9H2,1-3H3. The molecule has 0 saturated heterocycles. The van der Waals surface area contributed by atoms with E-state index in [4.69, 9.17) is 0 Å². The van der Waals surface area contributed by atoms with Gasteiger partial charge in [0, 0.05) is 12.2 Å². The molecule has 1 rings (SSSR count). The zero-order valence-electron chi connectivity index (χ0n) is 8.67. The fraction of sp³-hybridized carbons (Fsp3) is 0.455. The highest BCUT2D eigenvalue weighted by Crippen LogP contribution is 2.13. The first-order valence-electron chi connectivity index (χ1n) is 4.74. The average Bonchev–Trinajstić information content (AvgIpc) is 2.16. The summed E-state index contributed by atoms with van der Waals surface area (Å²) >= 11 is 0. The summed E-state index contributed by atoms with van der Waals surface area (Å²) in [5, 5.41) is 3.16. The minimum atomic E-state index is 0.902. The van der Waals surface area contributed by atoms with Gasteiger partial charge in [0.25, 0.3) is 0 Å². The molecule has 0 atom stereocenters. The number of anilines is 1. The lowest BCUT2D eigenvalue weighted by atomic mass is 10.2. The highest BCUT2D eigenvalue weighted by atomic mass is 15.2. The molecule has 2 heteroatoms. The highest BCUT2D eigenvalue weighted by Gasteiger charge is 2.00. The summed E-state index contributed by atoms with van der Waals surface area (Å²) in [6, 6.07) is 8.62. The highest BCUT2D eigenvalue weighted by molar-refractivity contribution is 5.47. The molecule has 0 unspecified atom stereocenters. The zero-order chi connectivity index (χ0) is 9.68. The molecule has 1 aromatic rings. The Balaban J connectivity index is 2.73. The van der Waals surface area contributed by atoms with Crippen molar-refractivity contribution in [3.8, 4) is 0 Å². The van der Waals surface area contributed by atoms with Crippen LogP contribution < -0.4 is 10.2 Å². The third-order valence-corrected chi connectivity index (χ3v) is 2.13. The Labute approximate surface area is 80.6 Å². The predicted molar refractivity (Wildman–Crippen MR) is 58.1 cm³/mol. The average molecular weight is 178 g/mol. The molecule has 2 nitrogen and oxygen atoms in total. The van der Waals surface area contributed by atoms with E-state index in [-0.39, 0.29) is 0 Å². The summed E-state index contributed by atoms with van der Waals surface area (Å²) in [7, 11) is 1.97. The molecule has 72 valence electrons. The first kappa shape index (κ1) is 10.1. The van der Waals surface area contributed by atoms with Gasteiger partial charge in [-0.3, -0.25) is 0 Å². The lowest BCUT2D eigenvalue weighted by Crippen LogP contribution is -2.31. The van der Waals surface area contributed by atoms with Gasteiger partial charge in [0.15, 0.2) is 0 Å². The van der Waals surface area contributed by atoms with Crippen LogP contribution in [0.2, 0.25) is 0 Å². The van der Waals surface area contributed by atoms with Crippen molar-refractivity contribution in [1.82, 2.24) is 5.32 Å². The van der Waals surface area contributed by atoms with E-state index in [1.54, 1.807) is 0 Å². The van der Waals surface area contributed by atoms with E-state index in [9.17, 15) is 0 Å². The van der Waals surface area contributed by atoms with E-state index in [1.807, 2.05) is 7.05 Å². The minimum Gasteiger partial charge on any atom is -0.359 e. The maximum Gasteiger partial charge on any atom is 0.0679 e. The van der Waals surface area contributed by atoms with Crippen LogP contribution in [0.5, 0.6) is 0 Å². The minimum absolute atomic E-state index is 0.902. The van der Waals surface area contributed by atoms with Crippen LogP contribution >= 0.6 is 0 Å². The lowest BCUT2D eigenvalue weighted by molar-refractivity contribution is 0.733. The molecule has 1 N–H and O–H groups in total. The van der Waals surface area contributed by atoms with Gasteiger partial charge in [-0.2, -0.15) is 0 Å². The molecule has 1 aromatic carbocycles. The molecule has 0 bridgehead atoms. The van der Waals surface area contributed by atoms with E-state index >= 15 is 0 Å². The quantitative estimate of drug-likeness (QED) is 0.709. The molecular weight excluding hydrogens is 160 g/mol. The van der Waals surface area contributed by atoms with Crippen molar-refractivity contribution in [1.29, 1.82) is 0 Å². The van der Waals surface area contributed by atoms with Crippen molar-refractivity contribution >= 4 is 5.69 Å². The van der Waals surface area contributed by atoms with Gasteiger partial charge in [0.2, 0.25) is 0 Å². The summed E-state index contributed by atoms with van der Waals surface area (Å²) < 4.78 is 0. The van der Waals surface area contributed by atoms with Crippen LogP contribution in [0.1, 0.15) is 12.5 Å². The van der Waals surface area contributed by atoms with Crippen molar-refractivity contribution in [3.63, 3.8) is 0 Å². The Kier molecular flexibility index (Phi) is 3.77. The lowest BCUT2D eigenvalue weighted by Gasteiger charge is -2.22. The van der Waals surface area contributed by atoms with Crippen molar-refractivity contribution in [2.75, 3.05) is 25.2 Å². The van der Waals surface area contributed by atoms with Crippen LogP contribution in [0.15, 0.2) is 24.3 Å². The Morgan fingerprint density at radius 2 is 1.85 bits per heavy atom. The second-order valence-corrected chi connectivity index (χ2v) is 3.20. The van der Waals surface area contributed by atoms with Gasteiger partial charge in [-0.15, -0.1) is 0 Å². The molecular formula is C11H18N2. The summed E-state index contributed by atoms with van der Waals surface area (Å²) in [5.41, 5.74) is 2.59. The summed E-state index contributed by atoms with van der Waals surface area (Å²) in [6.07, 6.45) is 0. The zero-order valence-corrected chi connectivity index (χ0v) is 8.67. The number of rotatable bonds is 4. The Morgan fingerprint density at radius 1 is 1.23 bits per heavy atom. The smallest absolute Gasteiger partial charge is 0.0679 e. The Hall–Kier alpha value is -1.02. The van der Waals surface area contributed by atoms with Gasteiger partial charge >= 0.3 is 0 Å². The number of nitrogens with zero attached hydrogens (tertiary/aromatic N) is 1. The molecule has 0 spiro atoms. The second kappa shape index (κ2) is 4.87. The number of hydrogen-bond acceptors (Lipinski definition) is 2. The Morgan fingerprint density at radius 3 is 2.31 bits per heavy atom. The fourth-order valence-corrected chi connectivity index (χ4v) is 1.33. The number of benzene rings is 1. The Bertz CT molecular complexity index is 241. The van der Waals surface area contributed by atoms with Gasteiger partial charge in [-0.25, -0.2) is 0 Å². The van der Waals surface area contributed by atoms with Gasteiger partial charge in [-0.1, -0.05) is 17.7 Å². The van der Waals surface area contributed by atoms with Crippen LogP contribution in [0.3, 0.4) is 0 Å². The van der Waals surface area contributed by atoms with E-state index in [0.717, 1.165) is 13.2 Å². The summed E-state index contributed by atoms with van der Waals surface area (Å²) in [6.45, 7) is 6.21. The van der Waals surface area contributed by atoms with E-state index < -0.39 is 0 Å². The first-order chi connectivity index (χ1) is 6.27. The molecule has 0 aromatic heterocycles. The van der Waals surface area contributed by atoms with Crippen LogP contribution in [-0.4, -0.2) is 20.3 Å². The molecule has 0 aliphatic rings. The van der Waals surface area contributed by atoms with Gasteiger partial charge in [0.1, 0.15) is 0 Å². The molecule has 0 amide bonds. The van der Waals surface area contributed by atoms with Gasteiger partial charge in [-0.05, 0) is 33.0 Å². The molecule has 0 fully saturated rings. The van der Waals surface area contributed by atoms with Crippen molar-refractivity contribution in [2.45, 2.75) is 13.8 Å². The van der Waals surface area contributed by atoms with Crippen LogP contribution in [0, 0.1) is 6.92 Å². The van der Waals surface area contributed by atoms with Crippen LogP contribution in [0.25, 0.3) is 0 Å². The largest absolute Gasteiger partial charge is 0.359 e. The monoisotopic (exact) mass is 178 g/mol. The van der Waals surface area contributed by atoms with Gasteiger partial charge in [0.05, 0.1) is 6.67 Å². The fourth-order valence-electron chi connectivity index (χ4n) is 1.33. The van der Waals surface area contributed by atoms with E-state index in [2.05, 4.69) is 48.3 Å². The summed E-state index contributed by atoms with van der Waals surface area (Å²) in [4.78, 5) is 2.29. The SMILES string of the molecule is CCN(CNC)c1ccc(C)cc1. The van der Waals surface area contributed by atoms with Crippen molar-refractivity contribution in [2.24, 2.45) is 0 Å². The number of hydrogen-bond donors (Lipinski definition) is 1. The normalized spacial score (nSPS) is 10.1. The van der Waals surface area contributed by atoms with Crippen molar-refractivity contribution in [3.05, 3.63) is 29.8 Å². The van der Waals surface area contributed by atoms with Gasteiger partial charge < -0.3 is 10.2 Å². The third-order valence-electron chi connectivity index (χ3n) is 2.13. The van der Waals surface area contributed by atoms with Crippen LogP contribution in [0.4, 0.5) is 5.69 Å². The second-order valence-electron chi connectivity index (χ2n) is 3.20. The molecule has 0 radical (unpaired) electrons.